The van der Waals surface area contributed by atoms with Crippen LogP contribution in [-0.4, -0.2) is 9.55 Å². The lowest BCUT2D eigenvalue weighted by Gasteiger charge is -2.20. The monoisotopic (exact) mass is 486 g/mol. The van der Waals surface area contributed by atoms with Crippen LogP contribution in [0.25, 0.3) is 61.2 Å². The number of fused-ring (bicyclic) bond motifs is 6. The number of nitrogens with one attached hydrogen (secondary N) is 1. The topological polar surface area (TPSA) is 20.7 Å². The number of nitrogens with zero attached hydrogens (tertiary/aromatic N) is 1. The number of hydrogen-bond donors (Lipinski definition) is 1. The maximum absolute atomic E-state index is 3.66. The van der Waals surface area contributed by atoms with Crippen molar-refractivity contribution in [1.82, 2.24) is 9.55 Å². The molecule has 2 heteroatoms. The summed E-state index contributed by atoms with van der Waals surface area (Å²) in [6.45, 7) is 0. The Bertz CT molecular complexity index is 2000. The van der Waals surface area contributed by atoms with E-state index in [1.165, 1.54) is 71.9 Å². The second-order valence-electron chi connectivity index (χ2n) is 10.2. The highest BCUT2D eigenvalue weighted by atomic mass is 15.0. The first-order chi connectivity index (χ1) is 18.9. The number of hydrogen-bond acceptors (Lipinski definition) is 0. The first-order valence-corrected chi connectivity index (χ1v) is 13.3. The molecule has 2 heterocycles. The number of para-hydroxylation sites is 3. The fraction of sp³-hybridized carbons (Fsp3) is 0.0556. The van der Waals surface area contributed by atoms with E-state index in [1.54, 1.807) is 0 Å². The molecule has 5 aromatic carbocycles. The van der Waals surface area contributed by atoms with Gasteiger partial charge in [0, 0.05) is 44.1 Å². The third-order valence-corrected chi connectivity index (χ3v) is 8.06. The molecule has 0 bridgehead atoms. The lowest BCUT2D eigenvalue weighted by Crippen LogP contribution is -2.05. The number of H-pyrrole nitrogens is 1. The molecule has 0 unspecified atom stereocenters. The Morgan fingerprint density at radius 2 is 1.29 bits per heavy atom. The number of aromatic amines is 1. The van der Waals surface area contributed by atoms with Crippen molar-refractivity contribution in [2.75, 3.05) is 0 Å². The summed E-state index contributed by atoms with van der Waals surface area (Å²) >= 11 is 0. The Kier molecular flexibility index (Phi) is 4.68. The maximum Gasteiger partial charge on any atom is 0.0537 e. The van der Waals surface area contributed by atoms with Gasteiger partial charge >= 0.3 is 0 Å². The summed E-state index contributed by atoms with van der Waals surface area (Å²) in [7, 11) is 0. The van der Waals surface area contributed by atoms with Gasteiger partial charge in [-0.15, -0.1) is 0 Å². The molecule has 0 radical (unpaired) electrons. The van der Waals surface area contributed by atoms with Crippen molar-refractivity contribution in [3.05, 3.63) is 138 Å². The SMILES string of the molecule is C1=C(c2ccc3[nH]c4ccccc4c3c2-c2ccccc2)CCc2c1c1ccccc1n2-c1ccccc1. The van der Waals surface area contributed by atoms with Crippen molar-refractivity contribution in [2.45, 2.75) is 12.8 Å². The van der Waals surface area contributed by atoms with E-state index in [9.17, 15) is 0 Å². The van der Waals surface area contributed by atoms with E-state index in [0.29, 0.717) is 0 Å². The zero-order chi connectivity index (χ0) is 25.1. The molecule has 0 atom stereocenters. The van der Waals surface area contributed by atoms with E-state index in [4.69, 9.17) is 0 Å². The minimum absolute atomic E-state index is 1.00. The predicted molar refractivity (Wildman–Crippen MR) is 161 cm³/mol. The highest BCUT2D eigenvalue weighted by Crippen LogP contribution is 2.44. The Morgan fingerprint density at radius 1 is 0.579 bits per heavy atom. The number of aromatic nitrogens is 2. The largest absolute Gasteiger partial charge is 0.354 e. The van der Waals surface area contributed by atoms with Crippen LogP contribution in [-0.2, 0) is 6.42 Å². The zero-order valence-electron chi connectivity index (χ0n) is 21.0. The summed E-state index contributed by atoms with van der Waals surface area (Å²) < 4.78 is 2.46. The van der Waals surface area contributed by atoms with Gasteiger partial charge in [-0.2, -0.15) is 0 Å². The summed E-state index contributed by atoms with van der Waals surface area (Å²) in [4.78, 5) is 3.66. The van der Waals surface area contributed by atoms with Gasteiger partial charge in [-0.1, -0.05) is 91.0 Å². The number of rotatable bonds is 3. The van der Waals surface area contributed by atoms with Crippen molar-refractivity contribution < 1.29 is 0 Å². The molecule has 1 aliphatic rings. The lowest BCUT2D eigenvalue weighted by molar-refractivity contribution is 0.898. The molecule has 180 valence electrons. The fourth-order valence-corrected chi connectivity index (χ4v) is 6.42. The van der Waals surface area contributed by atoms with Gasteiger partial charge in [0.2, 0.25) is 0 Å². The van der Waals surface area contributed by atoms with E-state index >= 15 is 0 Å². The van der Waals surface area contributed by atoms with Gasteiger partial charge in [-0.05, 0) is 71.5 Å². The maximum atomic E-state index is 3.66. The second-order valence-corrected chi connectivity index (χ2v) is 10.2. The van der Waals surface area contributed by atoms with E-state index < -0.39 is 0 Å². The van der Waals surface area contributed by atoms with Crippen LogP contribution in [0, 0.1) is 0 Å². The van der Waals surface area contributed by atoms with Gasteiger partial charge in [-0.25, -0.2) is 0 Å². The molecule has 8 rings (SSSR count). The normalized spacial score (nSPS) is 13.2. The lowest BCUT2D eigenvalue weighted by atomic mass is 9.85. The Morgan fingerprint density at radius 3 is 2.13 bits per heavy atom. The van der Waals surface area contributed by atoms with E-state index in [-0.39, 0.29) is 0 Å². The van der Waals surface area contributed by atoms with Crippen LogP contribution in [0.15, 0.2) is 121 Å². The van der Waals surface area contributed by atoms with Crippen molar-refractivity contribution in [1.29, 1.82) is 0 Å². The highest BCUT2D eigenvalue weighted by Gasteiger charge is 2.24. The van der Waals surface area contributed by atoms with Crippen LogP contribution in [0.4, 0.5) is 0 Å². The molecular weight excluding hydrogens is 460 g/mol. The van der Waals surface area contributed by atoms with Crippen LogP contribution < -0.4 is 0 Å². The molecule has 1 N–H and O–H groups in total. The Labute approximate surface area is 221 Å². The predicted octanol–water partition coefficient (Wildman–Crippen LogP) is 9.42. The van der Waals surface area contributed by atoms with Crippen molar-refractivity contribution in [2.24, 2.45) is 0 Å². The molecule has 1 aliphatic carbocycles. The van der Waals surface area contributed by atoms with Gasteiger partial charge in [0.05, 0.1) is 5.52 Å². The smallest absolute Gasteiger partial charge is 0.0537 e. The third kappa shape index (κ3) is 3.13. The molecule has 38 heavy (non-hydrogen) atoms. The first kappa shape index (κ1) is 21.3. The van der Waals surface area contributed by atoms with Gasteiger partial charge in [0.1, 0.15) is 0 Å². The standard InChI is InChI=1S/C36H26N2/c1-3-11-24(12-4-1)35-27(20-21-32-36(35)29-16-7-9-17-31(29)37-32)25-19-22-34-30(23-25)28-15-8-10-18-33(28)38(34)26-13-5-2-6-14-26/h1-18,20-21,23,37H,19,22H2. The van der Waals surface area contributed by atoms with Gasteiger partial charge < -0.3 is 9.55 Å². The highest BCUT2D eigenvalue weighted by molar-refractivity contribution is 6.17. The molecule has 7 aromatic rings. The minimum Gasteiger partial charge on any atom is -0.354 e. The number of benzene rings is 5. The summed E-state index contributed by atoms with van der Waals surface area (Å²) in [6.07, 6.45) is 4.47. The van der Waals surface area contributed by atoms with E-state index in [2.05, 4.69) is 137 Å². The summed E-state index contributed by atoms with van der Waals surface area (Å²) in [5.41, 5.74) is 12.9. The first-order valence-electron chi connectivity index (χ1n) is 13.3. The summed E-state index contributed by atoms with van der Waals surface area (Å²) in [5.74, 6) is 0. The fourth-order valence-electron chi connectivity index (χ4n) is 6.42. The molecule has 0 saturated heterocycles. The molecule has 0 saturated carbocycles. The third-order valence-electron chi connectivity index (χ3n) is 8.06. The summed E-state index contributed by atoms with van der Waals surface area (Å²) in [5, 5.41) is 3.90. The van der Waals surface area contributed by atoms with Crippen molar-refractivity contribution in [3.63, 3.8) is 0 Å². The van der Waals surface area contributed by atoms with E-state index in [0.717, 1.165) is 12.8 Å². The molecule has 2 aromatic heterocycles. The second kappa shape index (κ2) is 8.36. The van der Waals surface area contributed by atoms with Crippen LogP contribution in [0.2, 0.25) is 0 Å². The molecule has 0 amide bonds. The van der Waals surface area contributed by atoms with Crippen LogP contribution >= 0.6 is 0 Å². The molecular formula is C36H26N2. The molecule has 0 spiro atoms. The zero-order valence-corrected chi connectivity index (χ0v) is 21.0. The van der Waals surface area contributed by atoms with Crippen LogP contribution in [0.3, 0.4) is 0 Å². The average Bonchev–Trinajstić information content (AvgIpc) is 3.53. The van der Waals surface area contributed by atoms with E-state index in [1.807, 2.05) is 0 Å². The number of allylic oxidation sites excluding steroid dienone is 1. The summed E-state index contributed by atoms with van der Waals surface area (Å²) in [6, 6.07) is 43.7. The molecule has 0 aliphatic heterocycles. The Hall–Kier alpha value is -4.82. The van der Waals surface area contributed by atoms with Crippen LogP contribution in [0.5, 0.6) is 0 Å². The van der Waals surface area contributed by atoms with Gasteiger partial charge in [0.25, 0.3) is 0 Å². The van der Waals surface area contributed by atoms with Gasteiger partial charge in [0.15, 0.2) is 0 Å². The van der Waals surface area contributed by atoms with Crippen molar-refractivity contribution >= 4 is 44.4 Å². The molecule has 0 fully saturated rings. The Balaban J connectivity index is 1.42. The van der Waals surface area contributed by atoms with Gasteiger partial charge in [-0.3, -0.25) is 0 Å². The molecule has 2 nitrogen and oxygen atoms in total. The quantitative estimate of drug-likeness (QED) is 0.257. The average molecular weight is 487 g/mol. The van der Waals surface area contributed by atoms with Crippen molar-refractivity contribution in [3.8, 4) is 16.8 Å². The van der Waals surface area contributed by atoms with Crippen LogP contribution in [0.1, 0.15) is 23.2 Å². The minimum atomic E-state index is 1.00.